The van der Waals surface area contributed by atoms with E-state index in [4.69, 9.17) is 16.0 Å². The van der Waals surface area contributed by atoms with Crippen molar-refractivity contribution >= 4 is 28.4 Å². The minimum atomic E-state index is -0.214. The van der Waals surface area contributed by atoms with Crippen molar-refractivity contribution in [1.82, 2.24) is 14.9 Å². The Hall–Kier alpha value is -3.38. The highest BCUT2D eigenvalue weighted by molar-refractivity contribution is 6.31. The van der Waals surface area contributed by atoms with Crippen LogP contribution in [0.15, 0.2) is 76.4 Å². The van der Waals surface area contributed by atoms with Gasteiger partial charge >= 0.3 is 0 Å². The van der Waals surface area contributed by atoms with Crippen molar-refractivity contribution in [2.75, 3.05) is 0 Å². The van der Waals surface area contributed by atoms with Crippen molar-refractivity contribution in [3.8, 4) is 0 Å². The SMILES string of the molecule is O=C(NCc1ccco1)c1cccc(Cn2cnc3ccc(Cl)cc3c2=O)c1. The van der Waals surface area contributed by atoms with Gasteiger partial charge in [-0.1, -0.05) is 23.7 Å². The van der Waals surface area contributed by atoms with E-state index in [9.17, 15) is 9.59 Å². The van der Waals surface area contributed by atoms with E-state index in [1.54, 1.807) is 54.8 Å². The molecule has 0 spiro atoms. The standard InChI is InChI=1S/C21H16ClN3O3/c22-16-6-7-19-18(10-16)21(27)25(13-24-19)12-14-3-1-4-15(9-14)20(26)23-11-17-5-2-8-28-17/h1-10,13H,11-12H2,(H,23,26). The van der Waals surface area contributed by atoms with Gasteiger partial charge in [0.25, 0.3) is 11.5 Å². The maximum absolute atomic E-state index is 12.7. The minimum Gasteiger partial charge on any atom is -0.467 e. The molecule has 0 saturated carbocycles. The van der Waals surface area contributed by atoms with Crippen LogP contribution in [0.5, 0.6) is 0 Å². The summed E-state index contributed by atoms with van der Waals surface area (Å²) < 4.78 is 6.71. The van der Waals surface area contributed by atoms with Gasteiger partial charge in [-0.3, -0.25) is 14.2 Å². The molecule has 0 saturated heterocycles. The first-order valence-corrected chi connectivity index (χ1v) is 9.02. The molecule has 0 fully saturated rings. The van der Waals surface area contributed by atoms with Crippen molar-refractivity contribution in [2.24, 2.45) is 0 Å². The predicted octanol–water partition coefficient (Wildman–Crippen LogP) is 3.62. The van der Waals surface area contributed by atoms with Crippen LogP contribution in [0.2, 0.25) is 5.02 Å². The normalized spacial score (nSPS) is 10.9. The third kappa shape index (κ3) is 3.82. The van der Waals surface area contributed by atoms with Gasteiger partial charge in [0, 0.05) is 10.6 Å². The van der Waals surface area contributed by atoms with Gasteiger partial charge in [-0.25, -0.2) is 4.98 Å². The zero-order valence-corrected chi connectivity index (χ0v) is 15.5. The average Bonchev–Trinajstić information content (AvgIpc) is 3.22. The molecule has 6 nitrogen and oxygen atoms in total. The summed E-state index contributed by atoms with van der Waals surface area (Å²) in [5.74, 6) is 0.464. The van der Waals surface area contributed by atoms with Crippen LogP contribution >= 0.6 is 11.6 Å². The quantitative estimate of drug-likeness (QED) is 0.561. The molecule has 7 heteroatoms. The van der Waals surface area contributed by atoms with E-state index in [0.717, 1.165) is 5.56 Å². The molecule has 0 aliphatic heterocycles. The van der Waals surface area contributed by atoms with E-state index >= 15 is 0 Å². The second-order valence-corrected chi connectivity index (χ2v) is 6.74. The number of nitrogens with zero attached hydrogens (tertiary/aromatic N) is 2. The number of hydrogen-bond acceptors (Lipinski definition) is 4. The number of fused-ring (bicyclic) bond motifs is 1. The summed E-state index contributed by atoms with van der Waals surface area (Å²) in [6.07, 6.45) is 3.06. The van der Waals surface area contributed by atoms with Crippen molar-refractivity contribution in [3.63, 3.8) is 0 Å². The molecule has 0 unspecified atom stereocenters. The van der Waals surface area contributed by atoms with Gasteiger partial charge in [0.15, 0.2) is 0 Å². The lowest BCUT2D eigenvalue weighted by Crippen LogP contribution is -2.23. The Labute approximate surface area is 165 Å². The molecule has 2 aromatic heterocycles. The highest BCUT2D eigenvalue weighted by Crippen LogP contribution is 2.15. The summed E-state index contributed by atoms with van der Waals surface area (Å²) in [6, 6.07) is 15.7. The molecule has 2 heterocycles. The maximum Gasteiger partial charge on any atom is 0.261 e. The number of nitrogens with one attached hydrogen (secondary N) is 1. The van der Waals surface area contributed by atoms with Crippen molar-refractivity contribution in [3.05, 3.63) is 99.5 Å². The molecule has 0 radical (unpaired) electrons. The number of halogens is 1. The second-order valence-electron chi connectivity index (χ2n) is 6.30. The van der Waals surface area contributed by atoms with Crippen LogP contribution in [0.4, 0.5) is 0 Å². The number of amides is 1. The lowest BCUT2D eigenvalue weighted by molar-refractivity contribution is 0.0948. The topological polar surface area (TPSA) is 77.1 Å². The molecule has 4 aromatic rings. The highest BCUT2D eigenvalue weighted by Gasteiger charge is 2.09. The number of furan rings is 1. The predicted molar refractivity (Wildman–Crippen MR) is 106 cm³/mol. The fraction of sp³-hybridized carbons (Fsp3) is 0.0952. The smallest absolute Gasteiger partial charge is 0.261 e. The molecule has 1 N–H and O–H groups in total. The van der Waals surface area contributed by atoms with E-state index in [1.807, 2.05) is 6.07 Å². The number of benzene rings is 2. The summed E-state index contributed by atoms with van der Waals surface area (Å²) in [4.78, 5) is 29.4. The molecule has 1 amide bonds. The molecule has 0 bridgehead atoms. The van der Waals surface area contributed by atoms with Crippen molar-refractivity contribution < 1.29 is 9.21 Å². The van der Waals surface area contributed by atoms with Gasteiger partial charge in [-0.2, -0.15) is 0 Å². The first kappa shape index (κ1) is 18.0. The molecule has 140 valence electrons. The third-order valence-corrected chi connectivity index (χ3v) is 4.57. The summed E-state index contributed by atoms with van der Waals surface area (Å²) in [7, 11) is 0. The van der Waals surface area contributed by atoms with Gasteiger partial charge in [0.2, 0.25) is 0 Å². The Kier molecular flexibility index (Phi) is 4.95. The van der Waals surface area contributed by atoms with E-state index in [1.165, 1.54) is 10.9 Å². The highest BCUT2D eigenvalue weighted by atomic mass is 35.5. The Morgan fingerprint density at radius 3 is 2.86 bits per heavy atom. The van der Waals surface area contributed by atoms with Crippen LogP contribution in [0.3, 0.4) is 0 Å². The largest absolute Gasteiger partial charge is 0.467 e. The van der Waals surface area contributed by atoms with E-state index < -0.39 is 0 Å². The van der Waals surface area contributed by atoms with E-state index in [2.05, 4.69) is 10.3 Å². The fourth-order valence-electron chi connectivity index (χ4n) is 2.93. The summed E-state index contributed by atoms with van der Waals surface area (Å²) in [5.41, 5.74) is 1.74. The number of carbonyl (C=O) groups excluding carboxylic acids is 1. The van der Waals surface area contributed by atoms with Crippen LogP contribution in [-0.4, -0.2) is 15.5 Å². The zero-order valence-electron chi connectivity index (χ0n) is 14.8. The zero-order chi connectivity index (χ0) is 19.5. The first-order chi connectivity index (χ1) is 13.6. The van der Waals surface area contributed by atoms with Gasteiger partial charge in [0.1, 0.15) is 5.76 Å². The van der Waals surface area contributed by atoms with Crippen LogP contribution in [-0.2, 0) is 13.1 Å². The molecule has 4 rings (SSSR count). The molecule has 28 heavy (non-hydrogen) atoms. The molecular weight excluding hydrogens is 378 g/mol. The number of aromatic nitrogens is 2. The maximum atomic E-state index is 12.7. The van der Waals surface area contributed by atoms with Gasteiger partial charge in [-0.05, 0) is 48.0 Å². The minimum absolute atomic E-state index is 0.180. The lowest BCUT2D eigenvalue weighted by atomic mass is 10.1. The van der Waals surface area contributed by atoms with Gasteiger partial charge in [0.05, 0.1) is 36.6 Å². The summed E-state index contributed by atoms with van der Waals surface area (Å²) >= 11 is 6.00. The van der Waals surface area contributed by atoms with Crippen LogP contribution in [0.25, 0.3) is 10.9 Å². The van der Waals surface area contributed by atoms with Gasteiger partial charge in [-0.15, -0.1) is 0 Å². The number of carbonyl (C=O) groups is 1. The number of hydrogen-bond donors (Lipinski definition) is 1. The Morgan fingerprint density at radius 2 is 2.04 bits per heavy atom. The fourth-order valence-corrected chi connectivity index (χ4v) is 3.11. The summed E-state index contributed by atoms with van der Waals surface area (Å²) in [6.45, 7) is 0.610. The number of rotatable bonds is 5. The Balaban J connectivity index is 1.55. The molecule has 0 atom stereocenters. The van der Waals surface area contributed by atoms with Crippen molar-refractivity contribution in [1.29, 1.82) is 0 Å². The van der Waals surface area contributed by atoms with E-state index in [-0.39, 0.29) is 11.5 Å². The molecular formula is C21H16ClN3O3. The third-order valence-electron chi connectivity index (χ3n) is 4.33. The van der Waals surface area contributed by atoms with E-state index in [0.29, 0.717) is 40.3 Å². The lowest BCUT2D eigenvalue weighted by Gasteiger charge is -2.09. The first-order valence-electron chi connectivity index (χ1n) is 8.64. The molecule has 0 aliphatic carbocycles. The average molecular weight is 394 g/mol. The van der Waals surface area contributed by atoms with Crippen LogP contribution < -0.4 is 10.9 Å². The van der Waals surface area contributed by atoms with Crippen LogP contribution in [0.1, 0.15) is 21.7 Å². The summed E-state index contributed by atoms with van der Waals surface area (Å²) in [5, 5.41) is 3.75. The Morgan fingerprint density at radius 1 is 1.14 bits per heavy atom. The second kappa shape index (κ2) is 7.70. The monoisotopic (exact) mass is 393 g/mol. The molecule has 2 aromatic carbocycles. The molecule has 0 aliphatic rings. The van der Waals surface area contributed by atoms with Crippen LogP contribution in [0, 0.1) is 0 Å². The van der Waals surface area contributed by atoms with Crippen molar-refractivity contribution in [2.45, 2.75) is 13.1 Å². The van der Waals surface area contributed by atoms with Gasteiger partial charge < -0.3 is 9.73 Å². The Bertz CT molecular complexity index is 1200.